The number of carbonyl (C=O) groups is 1. The first-order valence-electron chi connectivity index (χ1n) is 7.44. The number of amides is 1. The summed E-state index contributed by atoms with van der Waals surface area (Å²) >= 11 is 0. The molecule has 2 rings (SSSR count). The van der Waals surface area contributed by atoms with Gasteiger partial charge in [0.15, 0.2) is 5.76 Å². The van der Waals surface area contributed by atoms with Crippen LogP contribution in [0.3, 0.4) is 0 Å². The molecule has 1 amide bonds. The van der Waals surface area contributed by atoms with Crippen LogP contribution in [-0.4, -0.2) is 54.5 Å². The molecule has 0 aliphatic carbocycles. The minimum atomic E-state index is 0.00643. The number of hydrogen-bond acceptors (Lipinski definition) is 4. The summed E-state index contributed by atoms with van der Waals surface area (Å²) in [7, 11) is 0. The third kappa shape index (κ3) is 3.22. The Hall–Kier alpha value is -1.33. The topological polar surface area (TPSA) is 62.7 Å². The number of piperazine rings is 1. The van der Waals surface area contributed by atoms with Crippen LogP contribution < -0.4 is 5.73 Å². The van der Waals surface area contributed by atoms with Crippen LogP contribution >= 0.6 is 0 Å². The third-order valence-corrected chi connectivity index (χ3v) is 4.07. The summed E-state index contributed by atoms with van der Waals surface area (Å²) in [6.07, 6.45) is 3.85. The van der Waals surface area contributed by atoms with Gasteiger partial charge in [0.1, 0.15) is 0 Å². The minimum absolute atomic E-state index is 0.00643. The zero-order valence-corrected chi connectivity index (χ0v) is 12.5. The quantitative estimate of drug-likeness (QED) is 0.886. The van der Waals surface area contributed by atoms with Crippen molar-refractivity contribution in [1.29, 1.82) is 0 Å². The fourth-order valence-corrected chi connectivity index (χ4v) is 2.81. The van der Waals surface area contributed by atoms with Crippen molar-refractivity contribution in [3.63, 3.8) is 0 Å². The fourth-order valence-electron chi connectivity index (χ4n) is 2.81. The molecule has 1 saturated heterocycles. The van der Waals surface area contributed by atoms with Crippen molar-refractivity contribution in [2.45, 2.75) is 32.7 Å². The zero-order chi connectivity index (χ0) is 14.5. The van der Waals surface area contributed by atoms with Gasteiger partial charge in [0, 0.05) is 44.3 Å². The summed E-state index contributed by atoms with van der Waals surface area (Å²) in [6, 6.07) is 2.28. The molecule has 1 unspecified atom stereocenters. The normalized spacial score (nSPS) is 18.2. The summed E-state index contributed by atoms with van der Waals surface area (Å²) in [4.78, 5) is 16.6. The summed E-state index contributed by atoms with van der Waals surface area (Å²) in [5, 5.41) is 0. The number of rotatable bonds is 5. The monoisotopic (exact) mass is 279 g/mol. The van der Waals surface area contributed by atoms with Crippen molar-refractivity contribution in [3.05, 3.63) is 23.7 Å². The van der Waals surface area contributed by atoms with E-state index in [0.717, 1.165) is 44.6 Å². The van der Waals surface area contributed by atoms with Crippen LogP contribution in [-0.2, 0) is 0 Å². The molecular formula is C15H25N3O2. The van der Waals surface area contributed by atoms with E-state index in [1.807, 2.05) is 17.9 Å². The molecule has 2 N–H and O–H groups in total. The van der Waals surface area contributed by atoms with Gasteiger partial charge in [0.25, 0.3) is 5.91 Å². The third-order valence-electron chi connectivity index (χ3n) is 4.07. The molecule has 5 nitrogen and oxygen atoms in total. The fraction of sp³-hybridized carbons (Fsp3) is 0.667. The zero-order valence-electron chi connectivity index (χ0n) is 12.5. The number of nitrogens with two attached hydrogens (primary N) is 1. The van der Waals surface area contributed by atoms with Gasteiger partial charge >= 0.3 is 0 Å². The van der Waals surface area contributed by atoms with E-state index in [2.05, 4.69) is 11.8 Å². The minimum Gasteiger partial charge on any atom is -0.459 e. The maximum absolute atomic E-state index is 12.3. The Bertz CT molecular complexity index is 436. The molecule has 0 spiro atoms. The van der Waals surface area contributed by atoms with Crippen LogP contribution in [0.25, 0.3) is 0 Å². The van der Waals surface area contributed by atoms with Crippen molar-refractivity contribution < 1.29 is 9.21 Å². The molecule has 1 aromatic heterocycles. The lowest BCUT2D eigenvalue weighted by Gasteiger charge is -2.38. The Morgan fingerprint density at radius 1 is 1.40 bits per heavy atom. The molecule has 1 aliphatic heterocycles. The highest BCUT2D eigenvalue weighted by Gasteiger charge is 2.27. The number of carbonyl (C=O) groups excluding carboxylic acids is 1. The summed E-state index contributed by atoms with van der Waals surface area (Å²) in [5.41, 5.74) is 6.75. The molecule has 1 atom stereocenters. The van der Waals surface area contributed by atoms with Gasteiger partial charge in [-0.05, 0) is 19.4 Å². The Morgan fingerprint density at radius 2 is 2.10 bits per heavy atom. The maximum Gasteiger partial charge on any atom is 0.289 e. The van der Waals surface area contributed by atoms with Crippen LogP contribution in [0.2, 0.25) is 0 Å². The van der Waals surface area contributed by atoms with E-state index >= 15 is 0 Å². The Balaban J connectivity index is 1.91. The van der Waals surface area contributed by atoms with Gasteiger partial charge in [-0.25, -0.2) is 0 Å². The van der Waals surface area contributed by atoms with Gasteiger partial charge in [0.05, 0.1) is 6.26 Å². The van der Waals surface area contributed by atoms with E-state index in [1.165, 1.54) is 0 Å². The lowest BCUT2D eigenvalue weighted by molar-refractivity contribution is 0.0537. The van der Waals surface area contributed by atoms with E-state index in [1.54, 1.807) is 6.26 Å². The number of aryl methyl sites for hydroxylation is 1. The number of hydrogen-bond donors (Lipinski definition) is 1. The molecule has 1 fully saturated rings. The molecule has 20 heavy (non-hydrogen) atoms. The first-order valence-corrected chi connectivity index (χ1v) is 7.44. The van der Waals surface area contributed by atoms with Gasteiger partial charge in [-0.2, -0.15) is 0 Å². The average molecular weight is 279 g/mol. The number of nitrogens with zero attached hydrogens (tertiary/aromatic N) is 2. The highest BCUT2D eigenvalue weighted by atomic mass is 16.3. The summed E-state index contributed by atoms with van der Waals surface area (Å²) < 4.78 is 5.29. The molecular weight excluding hydrogens is 254 g/mol. The van der Waals surface area contributed by atoms with Crippen molar-refractivity contribution in [2.24, 2.45) is 5.73 Å². The first kappa shape index (κ1) is 15.1. The molecule has 5 heteroatoms. The Morgan fingerprint density at radius 3 is 2.60 bits per heavy atom. The summed E-state index contributed by atoms with van der Waals surface area (Å²) in [6.45, 7) is 8.07. The largest absolute Gasteiger partial charge is 0.459 e. The van der Waals surface area contributed by atoms with Crippen molar-refractivity contribution in [1.82, 2.24) is 9.80 Å². The molecule has 0 radical (unpaired) electrons. The highest BCUT2D eigenvalue weighted by Crippen LogP contribution is 2.15. The van der Waals surface area contributed by atoms with Crippen LogP contribution in [0.15, 0.2) is 16.7 Å². The lowest BCUT2D eigenvalue weighted by atomic mass is 10.1. The van der Waals surface area contributed by atoms with Crippen LogP contribution in [0.4, 0.5) is 0 Å². The molecule has 1 aromatic rings. The van der Waals surface area contributed by atoms with Crippen molar-refractivity contribution in [2.75, 3.05) is 32.7 Å². The molecule has 2 heterocycles. The second-order valence-corrected chi connectivity index (χ2v) is 5.44. The predicted octanol–water partition coefficient (Wildman–Crippen LogP) is 1.47. The summed E-state index contributed by atoms with van der Waals surface area (Å²) in [5.74, 6) is 0.481. The van der Waals surface area contributed by atoms with E-state index in [9.17, 15) is 4.79 Å². The van der Waals surface area contributed by atoms with E-state index in [4.69, 9.17) is 10.2 Å². The second-order valence-electron chi connectivity index (χ2n) is 5.44. The second kappa shape index (κ2) is 6.90. The standard InChI is InChI=1S/C15H25N3O2/c1-3-4-13(11-16)17-6-8-18(9-7-17)15(19)14-12(2)5-10-20-14/h5,10,13H,3-4,6-9,11,16H2,1-2H3. The van der Waals surface area contributed by atoms with E-state index in [0.29, 0.717) is 18.3 Å². The first-order chi connectivity index (χ1) is 9.67. The number of furan rings is 1. The van der Waals surface area contributed by atoms with E-state index in [-0.39, 0.29) is 5.91 Å². The molecule has 0 aromatic carbocycles. The molecule has 0 saturated carbocycles. The average Bonchev–Trinajstić information content (AvgIpc) is 2.90. The smallest absolute Gasteiger partial charge is 0.289 e. The predicted molar refractivity (Wildman–Crippen MR) is 78.7 cm³/mol. The van der Waals surface area contributed by atoms with E-state index < -0.39 is 0 Å². The highest BCUT2D eigenvalue weighted by molar-refractivity contribution is 5.92. The van der Waals surface area contributed by atoms with Crippen LogP contribution in [0, 0.1) is 6.92 Å². The van der Waals surface area contributed by atoms with Crippen LogP contribution in [0.1, 0.15) is 35.9 Å². The molecule has 0 bridgehead atoms. The SMILES string of the molecule is CCCC(CN)N1CCN(C(=O)c2occc2C)CC1. The molecule has 112 valence electrons. The lowest BCUT2D eigenvalue weighted by Crippen LogP contribution is -2.53. The van der Waals surface area contributed by atoms with Crippen molar-refractivity contribution >= 4 is 5.91 Å². The van der Waals surface area contributed by atoms with Crippen molar-refractivity contribution in [3.8, 4) is 0 Å². The molecule has 1 aliphatic rings. The van der Waals surface area contributed by atoms with Gasteiger partial charge in [-0.1, -0.05) is 13.3 Å². The maximum atomic E-state index is 12.3. The van der Waals surface area contributed by atoms with Gasteiger partial charge in [-0.15, -0.1) is 0 Å². The van der Waals surface area contributed by atoms with Crippen LogP contribution in [0.5, 0.6) is 0 Å². The van der Waals surface area contributed by atoms with Gasteiger partial charge < -0.3 is 15.1 Å². The van der Waals surface area contributed by atoms with Gasteiger partial charge in [0.2, 0.25) is 0 Å². The van der Waals surface area contributed by atoms with Gasteiger partial charge in [-0.3, -0.25) is 9.69 Å². The Kier molecular flexibility index (Phi) is 5.20. The Labute approximate surface area is 120 Å².